The highest BCUT2D eigenvalue weighted by Crippen LogP contribution is 2.29. The third kappa shape index (κ3) is 2.92. The number of hydrogen-bond acceptors (Lipinski definition) is 6. The Morgan fingerprint density at radius 2 is 2.04 bits per heavy atom. The van der Waals surface area contributed by atoms with E-state index in [1.807, 2.05) is 36.4 Å². The van der Waals surface area contributed by atoms with Gasteiger partial charge in [0.2, 0.25) is 5.88 Å². The smallest absolute Gasteiger partial charge is 0.390 e. The van der Waals surface area contributed by atoms with E-state index in [1.54, 1.807) is 0 Å². The Morgan fingerprint density at radius 1 is 1.30 bits per heavy atom. The lowest BCUT2D eigenvalue weighted by molar-refractivity contribution is 0.0410. The van der Waals surface area contributed by atoms with E-state index >= 15 is 0 Å². The number of fused-ring (bicyclic) bond motifs is 1. The molecular formula is C18H15N5O4. The number of morpholine rings is 1. The van der Waals surface area contributed by atoms with Crippen LogP contribution in [0.15, 0.2) is 30.3 Å². The number of nitrogens with one attached hydrogen (secondary N) is 1. The molecule has 1 amide bonds. The van der Waals surface area contributed by atoms with Crippen molar-refractivity contribution in [1.29, 1.82) is 5.26 Å². The molecule has 136 valence electrons. The zero-order valence-corrected chi connectivity index (χ0v) is 14.2. The van der Waals surface area contributed by atoms with Crippen LogP contribution in [0.2, 0.25) is 0 Å². The van der Waals surface area contributed by atoms with E-state index in [9.17, 15) is 14.9 Å². The Hall–Kier alpha value is -3.64. The van der Waals surface area contributed by atoms with Crippen LogP contribution in [0, 0.1) is 11.3 Å². The molecule has 2 aromatic heterocycles. The van der Waals surface area contributed by atoms with Crippen molar-refractivity contribution < 1.29 is 19.1 Å². The summed E-state index contributed by atoms with van der Waals surface area (Å²) in [5, 5.41) is 12.5. The number of benzene rings is 1. The van der Waals surface area contributed by atoms with Gasteiger partial charge in [0.05, 0.1) is 18.8 Å². The maximum atomic E-state index is 12.5. The molecule has 1 fully saturated rings. The first-order valence-corrected chi connectivity index (χ1v) is 8.32. The normalized spacial score (nSPS) is 14.1. The maximum Gasteiger partial charge on any atom is 0.416 e. The number of nitriles is 1. The predicted molar refractivity (Wildman–Crippen MR) is 93.5 cm³/mol. The Bertz CT molecular complexity index is 1040. The van der Waals surface area contributed by atoms with Crippen LogP contribution in [0.4, 0.5) is 4.79 Å². The first kappa shape index (κ1) is 16.8. The largest absolute Gasteiger partial charge is 0.416 e. The quantitative estimate of drug-likeness (QED) is 0.709. The molecule has 1 aliphatic rings. The van der Waals surface area contributed by atoms with Crippen LogP contribution < -0.4 is 4.74 Å². The van der Waals surface area contributed by atoms with Crippen LogP contribution in [0.3, 0.4) is 0 Å². The summed E-state index contributed by atoms with van der Waals surface area (Å²) < 4.78 is 12.0. The maximum absolute atomic E-state index is 12.5. The van der Waals surface area contributed by atoms with E-state index < -0.39 is 6.09 Å². The SMILES string of the molecule is N#Cc1c(C=O)c2nc(-c3ccccc3)[nH]n2c1OC(=O)N1CCOCC1. The van der Waals surface area contributed by atoms with Crippen molar-refractivity contribution in [3.05, 3.63) is 41.5 Å². The van der Waals surface area contributed by atoms with Crippen LogP contribution in [0.25, 0.3) is 17.0 Å². The molecule has 3 aromatic rings. The molecule has 0 saturated carbocycles. The highest BCUT2D eigenvalue weighted by molar-refractivity contribution is 5.91. The van der Waals surface area contributed by atoms with Gasteiger partial charge in [-0.1, -0.05) is 30.3 Å². The summed E-state index contributed by atoms with van der Waals surface area (Å²) in [6.07, 6.45) is -0.0715. The molecule has 3 heterocycles. The van der Waals surface area contributed by atoms with E-state index in [-0.39, 0.29) is 22.7 Å². The lowest BCUT2D eigenvalue weighted by Crippen LogP contribution is -2.42. The van der Waals surface area contributed by atoms with Crippen LogP contribution >= 0.6 is 0 Å². The monoisotopic (exact) mass is 365 g/mol. The number of aldehydes is 1. The van der Waals surface area contributed by atoms with Crippen molar-refractivity contribution in [2.45, 2.75) is 0 Å². The van der Waals surface area contributed by atoms with Crippen molar-refractivity contribution in [3.63, 3.8) is 0 Å². The van der Waals surface area contributed by atoms with Crippen LogP contribution in [-0.4, -0.2) is 58.2 Å². The first-order valence-electron chi connectivity index (χ1n) is 8.32. The van der Waals surface area contributed by atoms with Gasteiger partial charge in [-0.15, -0.1) is 0 Å². The summed E-state index contributed by atoms with van der Waals surface area (Å²) in [7, 11) is 0. The zero-order valence-electron chi connectivity index (χ0n) is 14.2. The number of amides is 1. The number of aromatic nitrogens is 3. The highest BCUT2D eigenvalue weighted by atomic mass is 16.6. The van der Waals surface area contributed by atoms with Gasteiger partial charge >= 0.3 is 6.09 Å². The average Bonchev–Trinajstić information content (AvgIpc) is 3.26. The van der Waals surface area contributed by atoms with Crippen molar-refractivity contribution in [2.75, 3.05) is 26.3 Å². The molecule has 9 nitrogen and oxygen atoms in total. The molecule has 0 aliphatic carbocycles. The number of carbonyl (C=O) groups is 2. The van der Waals surface area contributed by atoms with E-state index in [2.05, 4.69) is 10.1 Å². The number of carbonyl (C=O) groups excluding carboxylic acids is 2. The molecule has 9 heteroatoms. The molecule has 0 bridgehead atoms. The second-order valence-corrected chi connectivity index (χ2v) is 5.89. The van der Waals surface area contributed by atoms with Gasteiger partial charge in [0, 0.05) is 18.7 Å². The second kappa shape index (κ2) is 6.93. The fourth-order valence-electron chi connectivity index (χ4n) is 2.94. The molecule has 1 N–H and O–H groups in total. The molecule has 1 saturated heterocycles. The minimum atomic E-state index is -0.609. The molecule has 0 spiro atoms. The summed E-state index contributed by atoms with van der Waals surface area (Å²) in [6.45, 7) is 1.64. The van der Waals surface area contributed by atoms with E-state index in [0.717, 1.165) is 5.56 Å². The molecular weight excluding hydrogens is 350 g/mol. The van der Waals surface area contributed by atoms with Crippen molar-refractivity contribution in [1.82, 2.24) is 19.5 Å². The minimum Gasteiger partial charge on any atom is -0.390 e. The van der Waals surface area contributed by atoms with Crippen LogP contribution in [0.5, 0.6) is 5.88 Å². The van der Waals surface area contributed by atoms with E-state index in [4.69, 9.17) is 9.47 Å². The Labute approximate surface area is 153 Å². The third-order valence-electron chi connectivity index (χ3n) is 4.30. The summed E-state index contributed by atoms with van der Waals surface area (Å²) in [5.41, 5.74) is 1.05. The summed E-state index contributed by atoms with van der Waals surface area (Å²) in [6, 6.07) is 11.2. The van der Waals surface area contributed by atoms with E-state index in [0.29, 0.717) is 38.4 Å². The molecule has 0 unspecified atom stereocenters. The number of aromatic amines is 1. The zero-order chi connectivity index (χ0) is 18.8. The average molecular weight is 365 g/mol. The number of H-pyrrole nitrogens is 1. The topological polar surface area (TPSA) is 113 Å². The Morgan fingerprint density at radius 3 is 2.70 bits per heavy atom. The molecule has 0 radical (unpaired) electrons. The number of hydrogen-bond donors (Lipinski definition) is 1. The number of nitrogens with zero attached hydrogens (tertiary/aromatic N) is 4. The standard InChI is InChI=1S/C18H15N5O4/c19-10-13-14(11-24)16-20-15(12-4-2-1-3-5-12)21-23(16)17(13)27-18(25)22-6-8-26-9-7-22/h1-5,11H,6-9H2,(H,20,21). The van der Waals surface area contributed by atoms with Gasteiger partial charge in [0.1, 0.15) is 11.6 Å². The van der Waals surface area contributed by atoms with Gasteiger partial charge in [-0.2, -0.15) is 5.26 Å². The minimum absolute atomic E-state index is 0.0371. The predicted octanol–water partition coefficient (Wildman–Crippen LogP) is 1.84. The Kier molecular flexibility index (Phi) is 4.32. The van der Waals surface area contributed by atoms with Crippen molar-refractivity contribution in [3.8, 4) is 23.3 Å². The molecule has 1 aromatic carbocycles. The van der Waals surface area contributed by atoms with Gasteiger partial charge in [-0.3, -0.25) is 9.89 Å². The van der Waals surface area contributed by atoms with Crippen molar-refractivity contribution >= 4 is 18.0 Å². The van der Waals surface area contributed by atoms with Crippen LogP contribution in [0.1, 0.15) is 15.9 Å². The molecule has 27 heavy (non-hydrogen) atoms. The van der Waals surface area contributed by atoms with E-state index in [1.165, 1.54) is 9.42 Å². The van der Waals surface area contributed by atoms with Crippen LogP contribution in [-0.2, 0) is 4.74 Å². The first-order chi connectivity index (χ1) is 13.2. The highest BCUT2D eigenvalue weighted by Gasteiger charge is 2.27. The lowest BCUT2D eigenvalue weighted by atomic mass is 10.2. The molecule has 0 atom stereocenters. The lowest BCUT2D eigenvalue weighted by Gasteiger charge is -2.25. The third-order valence-corrected chi connectivity index (χ3v) is 4.30. The number of rotatable bonds is 3. The number of ether oxygens (including phenoxy) is 2. The van der Waals surface area contributed by atoms with Gasteiger partial charge in [0.25, 0.3) is 0 Å². The van der Waals surface area contributed by atoms with Crippen molar-refractivity contribution in [2.24, 2.45) is 0 Å². The molecule has 4 rings (SSSR count). The summed E-state index contributed by atoms with van der Waals surface area (Å²) in [5.74, 6) is 0.433. The van der Waals surface area contributed by atoms with Gasteiger partial charge < -0.3 is 14.4 Å². The van der Waals surface area contributed by atoms with Gasteiger partial charge in [-0.05, 0) is 0 Å². The van der Waals surface area contributed by atoms with Gasteiger partial charge in [0.15, 0.2) is 17.8 Å². The Balaban J connectivity index is 1.78. The molecule has 1 aliphatic heterocycles. The second-order valence-electron chi connectivity index (χ2n) is 5.89. The fraction of sp³-hybridized carbons (Fsp3) is 0.222. The fourth-order valence-corrected chi connectivity index (χ4v) is 2.94. The summed E-state index contributed by atoms with van der Waals surface area (Å²) in [4.78, 5) is 29.9. The van der Waals surface area contributed by atoms with Gasteiger partial charge in [-0.25, -0.2) is 14.3 Å². The summed E-state index contributed by atoms with van der Waals surface area (Å²) >= 11 is 0.